The molecule has 1 unspecified atom stereocenters. The molecule has 2 aromatic rings. The average molecular weight is 423 g/mol. The number of rotatable bonds is 3. The minimum atomic E-state index is -0.612. The van der Waals surface area contributed by atoms with Crippen LogP contribution < -0.4 is 9.91 Å². The number of carbonyl (C=O) groups excluding carboxylic acids is 1. The van der Waals surface area contributed by atoms with E-state index in [0.29, 0.717) is 35.7 Å². The van der Waals surface area contributed by atoms with Gasteiger partial charge in [-0.3, -0.25) is 9.80 Å². The van der Waals surface area contributed by atoms with Crippen molar-refractivity contribution < 1.29 is 13.6 Å². The predicted octanol–water partition coefficient (Wildman–Crippen LogP) is 3.21. The first kappa shape index (κ1) is 20.8. The monoisotopic (exact) mass is 423 g/mol. The molecule has 2 aliphatic rings. The lowest BCUT2D eigenvalue weighted by molar-refractivity contribution is -0.129. The summed E-state index contributed by atoms with van der Waals surface area (Å²) in [5, 5.41) is 12.6. The lowest BCUT2D eigenvalue weighted by Crippen LogP contribution is -2.48. The normalized spacial score (nSPS) is 19.6. The standard InChI is InChI=1S/C23H23F2N5O/c1-15-10-22(16-4-5-17(13-26)19(24)11-16)30(28(15)3)21-7-6-18(12-20(21)25)29-9-8-27(2)23(31)14-29/h4-7,10-12,15H,8-9,14H2,1-3H3. The lowest BCUT2D eigenvalue weighted by atomic mass is 10.1. The predicted molar refractivity (Wildman–Crippen MR) is 115 cm³/mol. The maximum Gasteiger partial charge on any atom is 0.241 e. The first-order valence-electron chi connectivity index (χ1n) is 10.0. The average Bonchev–Trinajstić information content (AvgIpc) is 3.04. The molecule has 2 heterocycles. The van der Waals surface area contributed by atoms with Gasteiger partial charge in [-0.2, -0.15) is 5.26 Å². The van der Waals surface area contributed by atoms with Gasteiger partial charge in [0.25, 0.3) is 0 Å². The number of likely N-dealkylation sites (N-methyl/N-ethyl adjacent to an activating group) is 2. The second kappa shape index (κ2) is 8.00. The molecule has 1 atom stereocenters. The van der Waals surface area contributed by atoms with E-state index >= 15 is 4.39 Å². The van der Waals surface area contributed by atoms with Gasteiger partial charge >= 0.3 is 0 Å². The molecule has 2 aliphatic heterocycles. The van der Waals surface area contributed by atoms with E-state index in [1.165, 1.54) is 18.2 Å². The van der Waals surface area contributed by atoms with Gasteiger partial charge in [0.1, 0.15) is 17.7 Å². The van der Waals surface area contributed by atoms with Crippen LogP contribution in [-0.4, -0.2) is 55.6 Å². The third-order valence-electron chi connectivity index (χ3n) is 5.90. The summed E-state index contributed by atoms with van der Waals surface area (Å²) in [6.07, 6.45) is 1.92. The van der Waals surface area contributed by atoms with Crippen LogP contribution in [0.1, 0.15) is 18.1 Å². The van der Waals surface area contributed by atoms with Crippen LogP contribution in [0.2, 0.25) is 0 Å². The van der Waals surface area contributed by atoms with Crippen LogP contribution in [-0.2, 0) is 4.79 Å². The summed E-state index contributed by atoms with van der Waals surface area (Å²) in [6.45, 7) is 3.40. The first-order chi connectivity index (χ1) is 14.8. The summed E-state index contributed by atoms with van der Waals surface area (Å²) in [5.74, 6) is -1.06. The van der Waals surface area contributed by atoms with Crippen LogP contribution in [0.5, 0.6) is 0 Å². The summed E-state index contributed by atoms with van der Waals surface area (Å²) >= 11 is 0. The topological polar surface area (TPSA) is 53.8 Å². The third kappa shape index (κ3) is 3.73. The summed E-state index contributed by atoms with van der Waals surface area (Å²) in [7, 11) is 3.59. The highest BCUT2D eigenvalue weighted by Crippen LogP contribution is 2.37. The number of hydrogen-bond donors (Lipinski definition) is 0. The van der Waals surface area contributed by atoms with Gasteiger partial charge in [-0.1, -0.05) is 6.07 Å². The molecule has 1 saturated heterocycles. The minimum absolute atomic E-state index is 0.00287. The Balaban J connectivity index is 1.67. The van der Waals surface area contributed by atoms with Gasteiger partial charge in [-0.25, -0.2) is 13.8 Å². The molecule has 4 rings (SSSR count). The molecule has 2 aromatic carbocycles. The van der Waals surface area contributed by atoms with Gasteiger partial charge in [0, 0.05) is 44.5 Å². The Labute approximate surface area is 180 Å². The highest BCUT2D eigenvalue weighted by molar-refractivity contribution is 5.84. The molecular formula is C23H23F2N5O. The zero-order valence-corrected chi connectivity index (χ0v) is 17.6. The molecule has 0 saturated carbocycles. The largest absolute Gasteiger partial charge is 0.360 e. The number of anilines is 2. The molecule has 0 spiro atoms. The number of piperazine rings is 1. The summed E-state index contributed by atoms with van der Waals surface area (Å²) < 4.78 is 29.5. The van der Waals surface area contributed by atoms with Crippen LogP contribution in [0.4, 0.5) is 20.2 Å². The van der Waals surface area contributed by atoms with E-state index < -0.39 is 11.6 Å². The molecule has 1 amide bonds. The number of amides is 1. The van der Waals surface area contributed by atoms with E-state index in [2.05, 4.69) is 0 Å². The van der Waals surface area contributed by atoms with E-state index in [-0.39, 0.29) is 24.1 Å². The maximum atomic E-state index is 15.3. The fourth-order valence-electron chi connectivity index (χ4n) is 3.89. The van der Waals surface area contributed by atoms with Crippen molar-refractivity contribution >= 4 is 23.0 Å². The Hall–Kier alpha value is -3.44. The third-order valence-corrected chi connectivity index (χ3v) is 5.90. The smallest absolute Gasteiger partial charge is 0.241 e. The first-order valence-corrected chi connectivity index (χ1v) is 10.0. The van der Waals surface area contributed by atoms with Crippen molar-refractivity contribution in [2.45, 2.75) is 13.0 Å². The molecule has 0 bridgehead atoms. The Morgan fingerprint density at radius 2 is 1.84 bits per heavy atom. The highest BCUT2D eigenvalue weighted by Gasteiger charge is 2.31. The van der Waals surface area contributed by atoms with Crippen molar-refractivity contribution in [1.82, 2.24) is 9.91 Å². The van der Waals surface area contributed by atoms with Crippen LogP contribution in [0.25, 0.3) is 5.70 Å². The van der Waals surface area contributed by atoms with Crippen molar-refractivity contribution in [3.8, 4) is 6.07 Å². The second-order valence-electron chi connectivity index (χ2n) is 7.86. The minimum Gasteiger partial charge on any atom is -0.360 e. The molecule has 0 N–H and O–H groups in total. The molecule has 0 aromatic heterocycles. The Morgan fingerprint density at radius 1 is 1.06 bits per heavy atom. The molecule has 31 heavy (non-hydrogen) atoms. The zero-order valence-electron chi connectivity index (χ0n) is 17.6. The van der Waals surface area contributed by atoms with Gasteiger partial charge in [0.15, 0.2) is 0 Å². The number of benzene rings is 2. The Kier molecular flexibility index (Phi) is 5.38. The summed E-state index contributed by atoms with van der Waals surface area (Å²) in [6, 6.07) is 11.1. The Morgan fingerprint density at radius 3 is 2.48 bits per heavy atom. The summed E-state index contributed by atoms with van der Waals surface area (Å²) in [5.41, 5.74) is 2.13. The van der Waals surface area contributed by atoms with Crippen molar-refractivity contribution in [3.05, 3.63) is 65.2 Å². The SMILES string of the molecule is CC1C=C(c2ccc(C#N)c(F)c2)N(c2ccc(N3CCN(C)C(=O)C3)cc2F)N1C. The maximum absolute atomic E-state index is 15.3. The van der Waals surface area contributed by atoms with Crippen LogP contribution in [0.3, 0.4) is 0 Å². The van der Waals surface area contributed by atoms with Gasteiger partial charge in [0.05, 0.1) is 23.5 Å². The second-order valence-corrected chi connectivity index (χ2v) is 7.86. The number of carbonyl (C=O) groups is 1. The van der Waals surface area contributed by atoms with E-state index in [1.807, 2.05) is 36.0 Å². The molecule has 0 aliphatic carbocycles. The molecule has 8 heteroatoms. The van der Waals surface area contributed by atoms with Crippen LogP contribution >= 0.6 is 0 Å². The van der Waals surface area contributed by atoms with Gasteiger partial charge in [-0.05, 0) is 43.3 Å². The van der Waals surface area contributed by atoms with E-state index in [1.54, 1.807) is 35.2 Å². The quantitative estimate of drug-likeness (QED) is 0.759. The fraction of sp³-hybridized carbons (Fsp3) is 0.304. The van der Waals surface area contributed by atoms with Gasteiger partial charge in [0.2, 0.25) is 5.91 Å². The highest BCUT2D eigenvalue weighted by atomic mass is 19.1. The van der Waals surface area contributed by atoms with Crippen LogP contribution in [0, 0.1) is 23.0 Å². The van der Waals surface area contributed by atoms with Gasteiger partial charge < -0.3 is 9.80 Å². The molecule has 6 nitrogen and oxygen atoms in total. The van der Waals surface area contributed by atoms with Crippen molar-refractivity contribution in [1.29, 1.82) is 5.26 Å². The molecule has 160 valence electrons. The van der Waals surface area contributed by atoms with Crippen molar-refractivity contribution in [2.24, 2.45) is 0 Å². The number of nitrogens with zero attached hydrogens (tertiary/aromatic N) is 5. The fourth-order valence-corrected chi connectivity index (χ4v) is 3.89. The number of nitriles is 1. The molecule has 1 fully saturated rings. The van der Waals surface area contributed by atoms with E-state index in [4.69, 9.17) is 5.26 Å². The zero-order chi connectivity index (χ0) is 22.3. The van der Waals surface area contributed by atoms with Crippen molar-refractivity contribution in [2.75, 3.05) is 43.6 Å². The number of halogens is 2. The van der Waals surface area contributed by atoms with Crippen molar-refractivity contribution in [3.63, 3.8) is 0 Å². The Bertz CT molecular complexity index is 1110. The summed E-state index contributed by atoms with van der Waals surface area (Å²) in [4.78, 5) is 15.5. The molecule has 0 radical (unpaired) electrons. The number of hydrogen-bond acceptors (Lipinski definition) is 5. The number of hydrazine groups is 1. The van der Waals surface area contributed by atoms with E-state index in [9.17, 15) is 9.18 Å². The van der Waals surface area contributed by atoms with Gasteiger partial charge in [-0.15, -0.1) is 0 Å². The lowest BCUT2D eigenvalue weighted by Gasteiger charge is -2.35. The molecular weight excluding hydrogens is 400 g/mol. The van der Waals surface area contributed by atoms with E-state index in [0.717, 1.165) is 0 Å². The van der Waals surface area contributed by atoms with Crippen LogP contribution in [0.15, 0.2) is 42.5 Å².